The summed E-state index contributed by atoms with van der Waals surface area (Å²) in [4.78, 5) is 2.10. The van der Waals surface area contributed by atoms with Crippen LogP contribution < -0.4 is 0 Å². The molecule has 2 heteroatoms. The normalized spacial score (nSPS) is 12.6. The van der Waals surface area contributed by atoms with Gasteiger partial charge in [0, 0.05) is 6.04 Å². The minimum Gasteiger partial charge on any atom is -0.301 e. The molecule has 0 aliphatic heterocycles. The van der Waals surface area contributed by atoms with Crippen LogP contribution in [0.2, 0.25) is 0 Å². The summed E-state index contributed by atoms with van der Waals surface area (Å²) >= 11 is 0. The van der Waals surface area contributed by atoms with Gasteiger partial charge in [-0.25, -0.2) is 0 Å². The lowest BCUT2D eigenvalue weighted by atomic mass is 9.98. The summed E-state index contributed by atoms with van der Waals surface area (Å²) in [6.45, 7) is 2.10. The van der Waals surface area contributed by atoms with Gasteiger partial charge in [-0.15, -0.1) is 0 Å². The Balaban J connectivity index is 2.46. The van der Waals surface area contributed by atoms with E-state index in [1.165, 1.54) is 21.9 Å². The molecule has 2 aromatic rings. The molecule has 0 radical (unpaired) electrons. The maximum absolute atomic E-state index is 8.92. The van der Waals surface area contributed by atoms with E-state index < -0.39 is 0 Å². The largest absolute Gasteiger partial charge is 0.301 e. The average molecular weight is 238 g/mol. The Hall–Kier alpha value is -1.85. The monoisotopic (exact) mass is 238 g/mol. The molecule has 2 rings (SSSR count). The summed E-state index contributed by atoms with van der Waals surface area (Å²) in [6.07, 6.45) is 0.518. The Morgan fingerprint density at radius 1 is 1.11 bits per heavy atom. The van der Waals surface area contributed by atoms with Crippen LogP contribution in [-0.4, -0.2) is 19.0 Å². The van der Waals surface area contributed by atoms with Gasteiger partial charge in [-0.3, -0.25) is 0 Å². The quantitative estimate of drug-likeness (QED) is 0.816. The van der Waals surface area contributed by atoms with Crippen molar-refractivity contribution in [3.8, 4) is 6.07 Å². The highest BCUT2D eigenvalue weighted by Gasteiger charge is 2.13. The van der Waals surface area contributed by atoms with Crippen LogP contribution in [0.25, 0.3) is 10.8 Å². The summed E-state index contributed by atoms with van der Waals surface area (Å²) in [5, 5.41) is 11.4. The molecule has 0 aliphatic rings. The first-order chi connectivity index (χ1) is 8.61. The Kier molecular flexibility index (Phi) is 3.64. The van der Waals surface area contributed by atoms with E-state index in [4.69, 9.17) is 5.26 Å². The van der Waals surface area contributed by atoms with Crippen molar-refractivity contribution < 1.29 is 0 Å². The minimum absolute atomic E-state index is 0.167. The molecule has 0 N–H and O–H groups in total. The molecule has 1 atom stereocenters. The lowest BCUT2D eigenvalue weighted by Gasteiger charge is -2.22. The number of hydrogen-bond donors (Lipinski definition) is 0. The molecule has 2 nitrogen and oxygen atoms in total. The van der Waals surface area contributed by atoms with E-state index in [0.717, 1.165) is 0 Å². The number of fused-ring (bicyclic) bond motifs is 1. The van der Waals surface area contributed by atoms with Gasteiger partial charge in [0.25, 0.3) is 0 Å². The van der Waals surface area contributed by atoms with Crippen LogP contribution in [0.1, 0.15) is 23.6 Å². The topological polar surface area (TPSA) is 27.0 Å². The van der Waals surface area contributed by atoms with Crippen LogP contribution in [0, 0.1) is 18.3 Å². The molecule has 1 unspecified atom stereocenters. The molecule has 0 aromatic heterocycles. The number of benzene rings is 2. The van der Waals surface area contributed by atoms with E-state index in [9.17, 15) is 0 Å². The van der Waals surface area contributed by atoms with Crippen LogP contribution in [0.15, 0.2) is 36.4 Å². The van der Waals surface area contributed by atoms with Crippen molar-refractivity contribution in [1.29, 1.82) is 5.26 Å². The fraction of sp³-hybridized carbons (Fsp3) is 0.312. The summed E-state index contributed by atoms with van der Waals surface area (Å²) in [7, 11) is 4.03. The van der Waals surface area contributed by atoms with Crippen molar-refractivity contribution >= 4 is 10.8 Å². The molecule has 18 heavy (non-hydrogen) atoms. The highest BCUT2D eigenvalue weighted by molar-refractivity contribution is 5.83. The van der Waals surface area contributed by atoms with Crippen LogP contribution >= 0.6 is 0 Å². The van der Waals surface area contributed by atoms with Gasteiger partial charge in [0.2, 0.25) is 0 Å². The van der Waals surface area contributed by atoms with Crippen molar-refractivity contribution in [2.75, 3.05) is 14.1 Å². The van der Waals surface area contributed by atoms with E-state index in [-0.39, 0.29) is 6.04 Å². The third kappa shape index (κ3) is 2.52. The van der Waals surface area contributed by atoms with Crippen molar-refractivity contribution in [1.82, 2.24) is 4.90 Å². The van der Waals surface area contributed by atoms with Gasteiger partial charge < -0.3 is 4.90 Å². The summed E-state index contributed by atoms with van der Waals surface area (Å²) in [6, 6.07) is 15.4. The number of rotatable bonds is 3. The zero-order chi connectivity index (χ0) is 13.1. The van der Waals surface area contributed by atoms with E-state index in [1.54, 1.807) is 0 Å². The summed E-state index contributed by atoms with van der Waals surface area (Å²) in [5.41, 5.74) is 2.48. The Bertz CT molecular complexity index is 594. The van der Waals surface area contributed by atoms with Crippen molar-refractivity contribution in [3.05, 3.63) is 47.5 Å². The number of aryl methyl sites for hydroxylation is 1. The van der Waals surface area contributed by atoms with Crippen molar-refractivity contribution in [3.63, 3.8) is 0 Å². The molecule has 0 aliphatic carbocycles. The van der Waals surface area contributed by atoms with Gasteiger partial charge in [0.15, 0.2) is 0 Å². The van der Waals surface area contributed by atoms with E-state index in [0.29, 0.717) is 6.42 Å². The van der Waals surface area contributed by atoms with Crippen LogP contribution in [-0.2, 0) is 0 Å². The predicted octanol–water partition coefficient (Wildman–Crippen LogP) is 3.66. The van der Waals surface area contributed by atoms with Gasteiger partial charge in [-0.05, 0) is 43.4 Å². The van der Waals surface area contributed by atoms with Gasteiger partial charge in [0.05, 0.1) is 12.5 Å². The summed E-state index contributed by atoms with van der Waals surface area (Å²) < 4.78 is 0. The highest BCUT2D eigenvalue weighted by atomic mass is 15.1. The molecule has 0 heterocycles. The smallest absolute Gasteiger partial charge is 0.0641 e. The first kappa shape index (κ1) is 12.6. The average Bonchev–Trinajstić information content (AvgIpc) is 2.35. The minimum atomic E-state index is 0.167. The van der Waals surface area contributed by atoms with E-state index >= 15 is 0 Å². The maximum Gasteiger partial charge on any atom is 0.0641 e. The van der Waals surface area contributed by atoms with Gasteiger partial charge in [0.1, 0.15) is 0 Å². The van der Waals surface area contributed by atoms with Gasteiger partial charge in [-0.2, -0.15) is 5.26 Å². The standard InChI is InChI=1S/C16H18N2/c1-12-4-5-14-11-15(7-6-13(14)10-12)16(8-9-17)18(2)3/h4-7,10-11,16H,8H2,1-3H3. The van der Waals surface area contributed by atoms with Crippen molar-refractivity contribution in [2.45, 2.75) is 19.4 Å². The molecule has 0 fully saturated rings. The summed E-state index contributed by atoms with van der Waals surface area (Å²) in [5.74, 6) is 0. The number of nitriles is 1. The number of hydrogen-bond acceptors (Lipinski definition) is 2. The second-order valence-corrected chi connectivity index (χ2v) is 4.95. The zero-order valence-electron chi connectivity index (χ0n) is 11.1. The van der Waals surface area contributed by atoms with Crippen LogP contribution in [0.5, 0.6) is 0 Å². The van der Waals surface area contributed by atoms with Crippen LogP contribution in [0.4, 0.5) is 0 Å². The second-order valence-electron chi connectivity index (χ2n) is 4.95. The zero-order valence-corrected chi connectivity index (χ0v) is 11.1. The lowest BCUT2D eigenvalue weighted by Crippen LogP contribution is -2.19. The SMILES string of the molecule is Cc1ccc2cc(C(CC#N)N(C)C)ccc2c1. The first-order valence-electron chi connectivity index (χ1n) is 6.15. The fourth-order valence-corrected chi connectivity index (χ4v) is 2.28. The van der Waals surface area contributed by atoms with Gasteiger partial charge in [-0.1, -0.05) is 35.9 Å². The first-order valence-corrected chi connectivity index (χ1v) is 6.15. The second kappa shape index (κ2) is 5.20. The molecule has 0 spiro atoms. The Labute approximate surface area is 108 Å². The molecular formula is C16H18N2. The lowest BCUT2D eigenvalue weighted by molar-refractivity contribution is 0.303. The maximum atomic E-state index is 8.92. The van der Waals surface area contributed by atoms with Gasteiger partial charge >= 0.3 is 0 Å². The highest BCUT2D eigenvalue weighted by Crippen LogP contribution is 2.26. The van der Waals surface area contributed by atoms with E-state index in [1.807, 2.05) is 14.1 Å². The molecule has 0 bridgehead atoms. The Morgan fingerprint density at radius 3 is 2.44 bits per heavy atom. The van der Waals surface area contributed by atoms with E-state index in [2.05, 4.69) is 54.3 Å². The molecule has 2 aromatic carbocycles. The molecule has 0 saturated heterocycles. The van der Waals surface area contributed by atoms with Crippen LogP contribution in [0.3, 0.4) is 0 Å². The third-order valence-electron chi connectivity index (χ3n) is 3.31. The number of nitrogens with zero attached hydrogens (tertiary/aromatic N) is 2. The molecule has 0 saturated carbocycles. The van der Waals surface area contributed by atoms with Crippen molar-refractivity contribution in [2.24, 2.45) is 0 Å². The molecule has 92 valence electrons. The third-order valence-corrected chi connectivity index (χ3v) is 3.31. The predicted molar refractivity (Wildman–Crippen MR) is 75.3 cm³/mol. The molecular weight excluding hydrogens is 220 g/mol. The fourth-order valence-electron chi connectivity index (χ4n) is 2.28. The Morgan fingerprint density at radius 2 is 1.78 bits per heavy atom. The molecule has 0 amide bonds.